The molecule has 146 valence electrons. The number of carbonyl (C=O) groups is 2. The van der Waals surface area contributed by atoms with Gasteiger partial charge in [0.2, 0.25) is 0 Å². The number of nitrogens with zero attached hydrogens (tertiary/aromatic N) is 2. The van der Waals surface area contributed by atoms with Crippen molar-refractivity contribution in [3.8, 4) is 0 Å². The Morgan fingerprint density at radius 2 is 1.79 bits per heavy atom. The van der Waals surface area contributed by atoms with Gasteiger partial charge >= 0.3 is 6.09 Å². The van der Waals surface area contributed by atoms with Crippen molar-refractivity contribution in [3.05, 3.63) is 78.0 Å². The Morgan fingerprint density at radius 1 is 1.07 bits per heavy atom. The van der Waals surface area contributed by atoms with E-state index >= 15 is 0 Å². The lowest BCUT2D eigenvalue weighted by Crippen LogP contribution is -2.42. The number of ketones is 1. The van der Waals surface area contributed by atoms with Crippen molar-refractivity contribution in [3.63, 3.8) is 0 Å². The molecular formula is C24H22N2O3. The summed E-state index contributed by atoms with van der Waals surface area (Å²) < 4.78 is 7.13. The Balaban J connectivity index is 1.74. The summed E-state index contributed by atoms with van der Waals surface area (Å²) in [5, 5.41) is 0.871. The molecule has 1 atom stereocenters. The zero-order chi connectivity index (χ0) is 20.4. The van der Waals surface area contributed by atoms with Crippen LogP contribution < -0.4 is 4.90 Å². The number of ether oxygens (including phenoxy) is 1. The number of para-hydroxylation sites is 2. The molecule has 0 radical (unpaired) electrons. The zero-order valence-corrected chi connectivity index (χ0v) is 16.7. The average molecular weight is 386 g/mol. The number of carbonyl (C=O) groups excluding carboxylic acids is 2. The van der Waals surface area contributed by atoms with Crippen molar-refractivity contribution in [1.29, 1.82) is 0 Å². The van der Waals surface area contributed by atoms with E-state index in [0.29, 0.717) is 12.1 Å². The summed E-state index contributed by atoms with van der Waals surface area (Å²) in [7, 11) is 0. The molecule has 2 aliphatic rings. The van der Waals surface area contributed by atoms with Gasteiger partial charge in [0.1, 0.15) is 5.60 Å². The minimum atomic E-state index is -0.934. The molecule has 5 heteroatoms. The first kappa shape index (κ1) is 17.7. The maximum atomic E-state index is 13.6. The van der Waals surface area contributed by atoms with Crippen molar-refractivity contribution >= 4 is 28.5 Å². The summed E-state index contributed by atoms with van der Waals surface area (Å²) in [5.41, 5.74) is 1.63. The van der Waals surface area contributed by atoms with Gasteiger partial charge in [-0.1, -0.05) is 36.4 Å². The summed E-state index contributed by atoms with van der Waals surface area (Å²) >= 11 is 0. The van der Waals surface area contributed by atoms with Crippen LogP contribution in [0.3, 0.4) is 0 Å². The molecule has 29 heavy (non-hydrogen) atoms. The van der Waals surface area contributed by atoms with E-state index in [4.69, 9.17) is 4.74 Å². The molecule has 0 saturated heterocycles. The molecular weight excluding hydrogens is 364 g/mol. The molecule has 3 heterocycles. The fraction of sp³-hybridized carbons (Fsp3) is 0.250. The van der Waals surface area contributed by atoms with Crippen LogP contribution in [0.15, 0.2) is 66.9 Å². The van der Waals surface area contributed by atoms with Gasteiger partial charge in [0.15, 0.2) is 11.3 Å². The molecule has 2 aliphatic heterocycles. The molecule has 0 saturated carbocycles. The molecule has 2 aromatic carbocycles. The van der Waals surface area contributed by atoms with Gasteiger partial charge in [-0.05, 0) is 45.0 Å². The van der Waals surface area contributed by atoms with Gasteiger partial charge in [0.05, 0.1) is 5.52 Å². The Hall–Kier alpha value is -3.34. The molecule has 0 N–H and O–H groups in total. The van der Waals surface area contributed by atoms with Gasteiger partial charge in [-0.25, -0.2) is 4.79 Å². The van der Waals surface area contributed by atoms with Gasteiger partial charge < -0.3 is 9.64 Å². The number of rotatable bonds is 1. The van der Waals surface area contributed by atoms with E-state index in [2.05, 4.69) is 4.90 Å². The maximum Gasteiger partial charge on any atom is 0.419 e. The highest BCUT2D eigenvalue weighted by Crippen LogP contribution is 2.50. The van der Waals surface area contributed by atoms with Gasteiger partial charge in [0, 0.05) is 34.9 Å². The van der Waals surface area contributed by atoms with E-state index < -0.39 is 17.2 Å². The third kappa shape index (κ3) is 2.40. The summed E-state index contributed by atoms with van der Waals surface area (Å²) in [4.78, 5) is 28.7. The highest BCUT2D eigenvalue weighted by Gasteiger charge is 2.53. The van der Waals surface area contributed by atoms with E-state index in [1.807, 2.05) is 81.5 Å². The standard InChI is InChI=1S/C24H22N2O3/c1-23(2,3)29-22(28)25-15-18(16-9-4-6-11-19(16)25)24-13-8-14-26(24)20-12-7-5-10-17(20)21(24)27/h4-13,15H,14H2,1-3H3. The minimum Gasteiger partial charge on any atom is -0.443 e. The molecule has 1 aromatic heterocycles. The van der Waals surface area contributed by atoms with Crippen LogP contribution in [0.1, 0.15) is 36.7 Å². The largest absolute Gasteiger partial charge is 0.443 e. The van der Waals surface area contributed by atoms with Gasteiger partial charge in [-0.3, -0.25) is 9.36 Å². The van der Waals surface area contributed by atoms with Crippen LogP contribution in [0.4, 0.5) is 10.5 Å². The van der Waals surface area contributed by atoms with Crippen LogP contribution in [0.5, 0.6) is 0 Å². The summed E-state index contributed by atoms with van der Waals surface area (Å²) in [6, 6.07) is 15.4. The number of anilines is 1. The van der Waals surface area contributed by atoms with Crippen LogP contribution in [-0.4, -0.2) is 28.6 Å². The molecule has 0 spiro atoms. The van der Waals surface area contributed by atoms with Crippen LogP contribution in [-0.2, 0) is 10.3 Å². The van der Waals surface area contributed by atoms with E-state index in [1.54, 1.807) is 6.20 Å². The Bertz CT molecular complexity index is 1200. The monoisotopic (exact) mass is 386 g/mol. The van der Waals surface area contributed by atoms with Crippen molar-refractivity contribution in [2.24, 2.45) is 0 Å². The SMILES string of the molecule is CC(C)(C)OC(=O)n1cc(C23C=CCN2c2ccccc2C3=O)c2ccccc21. The van der Waals surface area contributed by atoms with Crippen molar-refractivity contribution < 1.29 is 14.3 Å². The summed E-state index contributed by atoms with van der Waals surface area (Å²) in [6.45, 7) is 6.17. The highest BCUT2D eigenvalue weighted by molar-refractivity contribution is 6.18. The molecule has 0 bridgehead atoms. The van der Waals surface area contributed by atoms with E-state index in [1.165, 1.54) is 4.57 Å². The zero-order valence-electron chi connectivity index (χ0n) is 16.7. The topological polar surface area (TPSA) is 51.5 Å². The van der Waals surface area contributed by atoms with Crippen LogP contribution >= 0.6 is 0 Å². The van der Waals surface area contributed by atoms with Gasteiger partial charge in [0.25, 0.3) is 0 Å². The predicted octanol–water partition coefficient (Wildman–Crippen LogP) is 4.89. The lowest BCUT2D eigenvalue weighted by Gasteiger charge is -2.31. The number of aromatic nitrogens is 1. The molecule has 5 rings (SSSR count). The second-order valence-electron chi connectivity index (χ2n) is 8.54. The first-order valence-electron chi connectivity index (χ1n) is 9.76. The first-order chi connectivity index (χ1) is 13.8. The number of hydrogen-bond donors (Lipinski definition) is 0. The molecule has 3 aromatic rings. The Labute approximate surface area is 169 Å². The highest BCUT2D eigenvalue weighted by atomic mass is 16.6. The van der Waals surface area contributed by atoms with E-state index in [-0.39, 0.29) is 5.78 Å². The number of hydrogen-bond acceptors (Lipinski definition) is 4. The van der Waals surface area contributed by atoms with Gasteiger partial charge in [-0.15, -0.1) is 0 Å². The quantitative estimate of drug-likeness (QED) is 0.559. The van der Waals surface area contributed by atoms with Crippen LogP contribution in [0.2, 0.25) is 0 Å². The Morgan fingerprint density at radius 3 is 2.59 bits per heavy atom. The summed E-state index contributed by atoms with van der Waals surface area (Å²) in [6.07, 6.45) is 5.31. The number of fused-ring (bicyclic) bond motifs is 4. The number of Topliss-reactive ketones (excluding diaryl/α,β-unsaturated/α-hetero) is 1. The molecule has 1 unspecified atom stereocenters. The fourth-order valence-electron chi connectivity index (χ4n) is 4.46. The van der Waals surface area contributed by atoms with Gasteiger partial charge in [-0.2, -0.15) is 0 Å². The second kappa shape index (κ2) is 5.83. The van der Waals surface area contributed by atoms with E-state index in [9.17, 15) is 9.59 Å². The third-order valence-electron chi connectivity index (χ3n) is 5.57. The lowest BCUT2D eigenvalue weighted by atomic mass is 9.85. The average Bonchev–Trinajstić information content (AvgIpc) is 3.33. The summed E-state index contributed by atoms with van der Waals surface area (Å²) in [5.74, 6) is 0.0361. The molecule has 0 fully saturated rings. The molecule has 0 amide bonds. The second-order valence-corrected chi connectivity index (χ2v) is 8.54. The Kier molecular flexibility index (Phi) is 3.57. The van der Waals surface area contributed by atoms with Crippen molar-refractivity contribution in [2.75, 3.05) is 11.4 Å². The van der Waals surface area contributed by atoms with Crippen LogP contribution in [0, 0.1) is 0 Å². The first-order valence-corrected chi connectivity index (χ1v) is 9.76. The molecule has 5 nitrogen and oxygen atoms in total. The lowest BCUT2D eigenvalue weighted by molar-refractivity contribution is 0.0543. The van der Waals surface area contributed by atoms with E-state index in [0.717, 1.165) is 22.2 Å². The minimum absolute atomic E-state index is 0.0361. The number of benzene rings is 2. The normalized spacial score (nSPS) is 20.2. The predicted molar refractivity (Wildman–Crippen MR) is 113 cm³/mol. The van der Waals surface area contributed by atoms with Crippen molar-refractivity contribution in [2.45, 2.75) is 31.9 Å². The smallest absolute Gasteiger partial charge is 0.419 e. The third-order valence-corrected chi connectivity index (χ3v) is 5.57. The maximum absolute atomic E-state index is 13.6. The van der Waals surface area contributed by atoms with Crippen LogP contribution in [0.25, 0.3) is 10.9 Å². The fourth-order valence-corrected chi connectivity index (χ4v) is 4.46. The molecule has 0 aliphatic carbocycles. The van der Waals surface area contributed by atoms with Crippen molar-refractivity contribution in [1.82, 2.24) is 4.57 Å².